The van der Waals surface area contributed by atoms with Crippen LogP contribution in [0.2, 0.25) is 0 Å². The lowest BCUT2D eigenvalue weighted by atomic mass is 9.77. The summed E-state index contributed by atoms with van der Waals surface area (Å²) in [6, 6.07) is 3.61. The van der Waals surface area contributed by atoms with Crippen LogP contribution >= 0.6 is 0 Å². The van der Waals surface area contributed by atoms with E-state index in [0.29, 0.717) is 11.5 Å². The van der Waals surface area contributed by atoms with Gasteiger partial charge in [0.05, 0.1) is 12.1 Å². The van der Waals surface area contributed by atoms with Gasteiger partial charge in [0.15, 0.2) is 5.65 Å². The molecule has 7 heteroatoms. The Kier molecular flexibility index (Phi) is 2.00. The fourth-order valence-corrected chi connectivity index (χ4v) is 1.91. The molecule has 0 unspecified atom stereocenters. The monoisotopic (exact) mass is 220 g/mol. The quantitative estimate of drug-likeness (QED) is 0.747. The summed E-state index contributed by atoms with van der Waals surface area (Å²) in [5.41, 5.74) is 0.409. The lowest BCUT2D eigenvalue weighted by Crippen LogP contribution is -2.48. The Morgan fingerprint density at radius 1 is 1.44 bits per heavy atom. The topological polar surface area (TPSA) is 88.2 Å². The van der Waals surface area contributed by atoms with Crippen molar-refractivity contribution in [1.29, 1.82) is 0 Å². The van der Waals surface area contributed by atoms with Gasteiger partial charge in [0.1, 0.15) is 5.82 Å². The molecule has 2 aromatic rings. The Bertz CT molecular complexity index is 500. The van der Waals surface area contributed by atoms with Crippen LogP contribution in [-0.4, -0.2) is 42.5 Å². The Morgan fingerprint density at radius 2 is 2.31 bits per heavy atom. The predicted octanol–water partition coefficient (Wildman–Crippen LogP) is -0.154. The molecule has 1 aliphatic carbocycles. The normalized spacial score (nSPS) is 18.3. The van der Waals surface area contributed by atoms with Crippen LogP contribution in [0.15, 0.2) is 12.1 Å². The van der Waals surface area contributed by atoms with Crippen molar-refractivity contribution in [3.05, 3.63) is 12.1 Å². The minimum Gasteiger partial charge on any atom is -0.394 e. The van der Waals surface area contributed by atoms with E-state index in [-0.39, 0.29) is 12.1 Å². The van der Waals surface area contributed by atoms with Crippen molar-refractivity contribution in [2.75, 3.05) is 11.9 Å². The highest BCUT2D eigenvalue weighted by molar-refractivity contribution is 5.44. The van der Waals surface area contributed by atoms with E-state index in [1.807, 2.05) is 6.07 Å². The molecule has 84 valence electrons. The summed E-state index contributed by atoms with van der Waals surface area (Å²) in [5.74, 6) is 0.688. The molecule has 2 N–H and O–H groups in total. The molecule has 0 bridgehead atoms. The molecule has 0 aliphatic heterocycles. The molecule has 0 atom stereocenters. The Hall–Kier alpha value is -1.76. The highest BCUT2D eigenvalue weighted by Crippen LogP contribution is 2.34. The molecule has 0 radical (unpaired) electrons. The number of aliphatic hydroxyl groups is 1. The lowest BCUT2D eigenvalue weighted by Gasteiger charge is -2.41. The Balaban J connectivity index is 1.88. The third-order valence-electron chi connectivity index (χ3n) is 3.08. The SMILES string of the molecule is OCC1(Nc2ccc3nnnn3n2)CCC1. The molecular weight excluding hydrogens is 208 g/mol. The second-order valence-electron chi connectivity index (χ2n) is 4.16. The van der Waals surface area contributed by atoms with Gasteiger partial charge in [-0.05, 0) is 41.8 Å². The number of nitrogens with one attached hydrogen (secondary N) is 1. The van der Waals surface area contributed by atoms with E-state index in [1.165, 1.54) is 4.63 Å². The van der Waals surface area contributed by atoms with Gasteiger partial charge in [0.2, 0.25) is 0 Å². The first-order valence-corrected chi connectivity index (χ1v) is 5.26. The zero-order chi connectivity index (χ0) is 11.0. The van der Waals surface area contributed by atoms with Crippen molar-refractivity contribution in [2.45, 2.75) is 24.8 Å². The summed E-state index contributed by atoms with van der Waals surface area (Å²) in [6.45, 7) is 0.127. The molecule has 3 rings (SSSR count). The molecule has 0 amide bonds. The Morgan fingerprint density at radius 3 is 3.00 bits per heavy atom. The maximum atomic E-state index is 9.33. The molecule has 2 heterocycles. The summed E-state index contributed by atoms with van der Waals surface area (Å²) >= 11 is 0. The minimum atomic E-state index is -0.200. The van der Waals surface area contributed by atoms with Crippen molar-refractivity contribution >= 4 is 11.5 Å². The van der Waals surface area contributed by atoms with Gasteiger partial charge in [0, 0.05) is 0 Å². The van der Waals surface area contributed by atoms with Gasteiger partial charge in [-0.15, -0.1) is 14.8 Å². The van der Waals surface area contributed by atoms with Crippen LogP contribution in [0.4, 0.5) is 5.82 Å². The van der Waals surface area contributed by atoms with E-state index in [1.54, 1.807) is 6.07 Å². The van der Waals surface area contributed by atoms with Gasteiger partial charge in [-0.3, -0.25) is 0 Å². The van der Waals surface area contributed by atoms with Gasteiger partial charge in [-0.2, -0.15) is 0 Å². The van der Waals surface area contributed by atoms with Crippen LogP contribution in [0.25, 0.3) is 5.65 Å². The maximum absolute atomic E-state index is 9.33. The van der Waals surface area contributed by atoms with Gasteiger partial charge in [0.25, 0.3) is 0 Å². The van der Waals surface area contributed by atoms with Crippen molar-refractivity contribution in [2.24, 2.45) is 0 Å². The molecule has 2 aromatic heterocycles. The highest BCUT2D eigenvalue weighted by atomic mass is 16.3. The van der Waals surface area contributed by atoms with Crippen molar-refractivity contribution < 1.29 is 5.11 Å². The molecule has 0 spiro atoms. The largest absolute Gasteiger partial charge is 0.394 e. The van der Waals surface area contributed by atoms with Crippen LogP contribution < -0.4 is 5.32 Å². The molecule has 1 aliphatic rings. The number of aliphatic hydroxyl groups excluding tert-OH is 1. The number of hydrogen-bond donors (Lipinski definition) is 2. The average Bonchev–Trinajstić information content (AvgIpc) is 2.70. The number of tetrazole rings is 1. The predicted molar refractivity (Wildman–Crippen MR) is 55.9 cm³/mol. The van der Waals surface area contributed by atoms with Gasteiger partial charge >= 0.3 is 0 Å². The van der Waals surface area contributed by atoms with Gasteiger partial charge in [-0.25, -0.2) is 0 Å². The van der Waals surface area contributed by atoms with E-state index < -0.39 is 0 Å². The van der Waals surface area contributed by atoms with Crippen molar-refractivity contribution in [3.63, 3.8) is 0 Å². The van der Waals surface area contributed by atoms with Crippen molar-refractivity contribution in [3.8, 4) is 0 Å². The molecule has 0 saturated heterocycles. The number of hydrogen-bond acceptors (Lipinski definition) is 6. The molecule has 7 nitrogen and oxygen atoms in total. The average molecular weight is 220 g/mol. The highest BCUT2D eigenvalue weighted by Gasteiger charge is 2.36. The number of fused-ring (bicyclic) bond motifs is 1. The summed E-state index contributed by atoms with van der Waals surface area (Å²) < 4.78 is 1.37. The van der Waals surface area contributed by atoms with E-state index >= 15 is 0 Å². The van der Waals surface area contributed by atoms with Gasteiger partial charge < -0.3 is 10.4 Å². The summed E-state index contributed by atoms with van der Waals surface area (Å²) in [6.07, 6.45) is 3.08. The third kappa shape index (κ3) is 1.40. The van der Waals surface area contributed by atoms with Crippen LogP contribution in [0.3, 0.4) is 0 Å². The van der Waals surface area contributed by atoms with Crippen LogP contribution in [0, 0.1) is 0 Å². The maximum Gasteiger partial charge on any atom is 0.200 e. The van der Waals surface area contributed by atoms with Crippen molar-refractivity contribution in [1.82, 2.24) is 25.3 Å². The van der Waals surface area contributed by atoms with E-state index in [2.05, 4.69) is 25.9 Å². The number of nitrogens with zero attached hydrogens (tertiary/aromatic N) is 5. The van der Waals surface area contributed by atoms with E-state index in [0.717, 1.165) is 19.3 Å². The molecule has 16 heavy (non-hydrogen) atoms. The molecule has 1 saturated carbocycles. The zero-order valence-electron chi connectivity index (χ0n) is 8.67. The first kappa shape index (κ1) is 9.46. The molecule has 0 aromatic carbocycles. The van der Waals surface area contributed by atoms with E-state index in [9.17, 15) is 5.11 Å². The zero-order valence-corrected chi connectivity index (χ0v) is 8.67. The molecular formula is C9H12N6O. The Labute approximate surface area is 91.5 Å². The number of rotatable bonds is 3. The van der Waals surface area contributed by atoms with E-state index in [4.69, 9.17) is 0 Å². The van der Waals surface area contributed by atoms with Crippen LogP contribution in [-0.2, 0) is 0 Å². The number of aromatic nitrogens is 5. The van der Waals surface area contributed by atoms with Gasteiger partial charge in [-0.1, -0.05) is 0 Å². The summed E-state index contributed by atoms with van der Waals surface area (Å²) in [4.78, 5) is 0. The third-order valence-corrected chi connectivity index (χ3v) is 3.08. The fraction of sp³-hybridized carbons (Fsp3) is 0.556. The fourth-order valence-electron chi connectivity index (χ4n) is 1.91. The second kappa shape index (κ2) is 3.38. The number of anilines is 1. The smallest absolute Gasteiger partial charge is 0.200 e. The van der Waals surface area contributed by atoms with Crippen LogP contribution in [0.5, 0.6) is 0 Å². The second-order valence-corrected chi connectivity index (χ2v) is 4.16. The summed E-state index contributed by atoms with van der Waals surface area (Å²) in [7, 11) is 0. The first-order valence-electron chi connectivity index (χ1n) is 5.26. The minimum absolute atomic E-state index is 0.127. The summed E-state index contributed by atoms with van der Waals surface area (Å²) in [5, 5.41) is 27.8. The first-order chi connectivity index (χ1) is 7.81. The standard InChI is InChI=1S/C9H12N6O/c16-6-9(4-1-5-9)10-7-2-3-8-11-13-14-15(8)12-7/h2-3,16H,1,4-6H2,(H,10,12). The van der Waals surface area contributed by atoms with Crippen LogP contribution in [0.1, 0.15) is 19.3 Å². The molecule has 1 fully saturated rings. The lowest BCUT2D eigenvalue weighted by molar-refractivity contribution is 0.143.